The van der Waals surface area contributed by atoms with E-state index < -0.39 is 35.6 Å². The summed E-state index contributed by atoms with van der Waals surface area (Å²) in [7, 11) is 0. The molecular weight excluding hydrogens is 463 g/mol. The lowest BCUT2D eigenvalue weighted by Crippen LogP contribution is -2.47. The number of carbonyl (C=O) groups excluding carboxylic acids is 1. The van der Waals surface area contributed by atoms with Gasteiger partial charge in [0, 0.05) is 17.3 Å². The number of piperidine rings is 1. The highest BCUT2D eigenvalue weighted by Crippen LogP contribution is 2.45. The highest BCUT2D eigenvalue weighted by molar-refractivity contribution is 6.31. The molecule has 1 aromatic carbocycles. The van der Waals surface area contributed by atoms with E-state index in [0.717, 1.165) is 23.5 Å². The van der Waals surface area contributed by atoms with Crippen LogP contribution in [-0.4, -0.2) is 58.9 Å². The van der Waals surface area contributed by atoms with Gasteiger partial charge in [-0.2, -0.15) is 13.2 Å². The molecule has 3 heterocycles. The number of nitrogens with one attached hydrogen (secondary N) is 1. The number of fused-ring (bicyclic) bond motifs is 2. The molecule has 1 atom stereocenters. The average molecular weight is 486 g/mol. The minimum absolute atomic E-state index is 0.0356. The maximum absolute atomic E-state index is 13.3. The van der Waals surface area contributed by atoms with E-state index in [9.17, 15) is 23.1 Å². The van der Waals surface area contributed by atoms with Gasteiger partial charge in [-0.05, 0) is 55.8 Å². The predicted octanol–water partition coefficient (Wildman–Crippen LogP) is 3.14. The van der Waals surface area contributed by atoms with Crippen LogP contribution in [-0.2, 0) is 16.4 Å². The third-order valence-electron chi connectivity index (χ3n) is 6.25. The van der Waals surface area contributed by atoms with Crippen LogP contribution in [0.2, 0.25) is 5.02 Å². The van der Waals surface area contributed by atoms with E-state index in [2.05, 4.69) is 15.2 Å². The van der Waals surface area contributed by atoms with Gasteiger partial charge in [0.05, 0.1) is 29.5 Å². The van der Waals surface area contributed by atoms with Crippen molar-refractivity contribution in [3.05, 3.63) is 52.3 Å². The number of pyridine rings is 1. The minimum atomic E-state index is -4.75. The quantitative estimate of drug-likeness (QED) is 0.582. The Balaban J connectivity index is 1.36. The molecule has 1 fully saturated rings. The zero-order chi connectivity index (χ0) is 23.8. The Morgan fingerprint density at radius 2 is 2.00 bits per heavy atom. The Morgan fingerprint density at radius 3 is 2.67 bits per heavy atom. The number of amides is 1. The van der Waals surface area contributed by atoms with Gasteiger partial charge in [-0.1, -0.05) is 11.6 Å². The number of alkyl halides is 3. The van der Waals surface area contributed by atoms with E-state index in [4.69, 9.17) is 21.4 Å². The summed E-state index contributed by atoms with van der Waals surface area (Å²) >= 11 is 6.14. The van der Waals surface area contributed by atoms with Gasteiger partial charge in [-0.15, -0.1) is 0 Å². The highest BCUT2D eigenvalue weighted by Gasteiger charge is 2.48. The molecule has 0 aliphatic carbocycles. The zero-order valence-electron chi connectivity index (χ0n) is 17.5. The summed E-state index contributed by atoms with van der Waals surface area (Å²) in [5, 5.41) is 22.1. The molecule has 178 valence electrons. The Kier molecular flexibility index (Phi) is 6.54. The maximum atomic E-state index is 13.3. The van der Waals surface area contributed by atoms with Crippen molar-refractivity contribution in [2.75, 3.05) is 38.2 Å². The molecule has 4 rings (SSSR count). The summed E-state index contributed by atoms with van der Waals surface area (Å²) < 4.78 is 45.4. The smallest absolute Gasteiger partial charge is 0.418 e. The number of rotatable bonds is 6. The van der Waals surface area contributed by atoms with Crippen molar-refractivity contribution in [1.29, 1.82) is 0 Å². The molecule has 2 aliphatic rings. The number of halogens is 4. The van der Waals surface area contributed by atoms with Crippen molar-refractivity contribution in [2.24, 2.45) is 0 Å². The van der Waals surface area contributed by atoms with Gasteiger partial charge < -0.3 is 20.3 Å². The van der Waals surface area contributed by atoms with Gasteiger partial charge in [-0.3, -0.25) is 14.7 Å². The molecule has 7 nitrogen and oxygen atoms in total. The van der Waals surface area contributed by atoms with E-state index in [0.29, 0.717) is 37.5 Å². The van der Waals surface area contributed by atoms with Crippen molar-refractivity contribution >= 4 is 23.2 Å². The second-order valence-electron chi connectivity index (χ2n) is 8.22. The number of aliphatic hydroxyl groups is 2. The van der Waals surface area contributed by atoms with Gasteiger partial charge in [0.15, 0.2) is 0 Å². The van der Waals surface area contributed by atoms with Crippen LogP contribution in [0.5, 0.6) is 5.75 Å². The number of hydrogen-bond donors (Lipinski definition) is 3. The molecular formula is C22H23ClF3N3O4. The highest BCUT2D eigenvalue weighted by atomic mass is 35.5. The van der Waals surface area contributed by atoms with Gasteiger partial charge >= 0.3 is 6.18 Å². The number of likely N-dealkylation sites (tertiary alicyclic amines) is 1. The molecule has 1 aromatic heterocycles. The molecule has 1 spiro atoms. The standard InChI is InChI=1S/C22H23ClF3N3O4/c23-13-1-2-17-15(9-13)21(20(32)28-17)3-5-29(6-4-21)7-8-33-14-10-16(22(24,25)26)19(27-11-14)18(31)12-30/h1-2,9-11,18,30-31H,3-8,12H2,(H,28,32)/t18-/m1/s1. The molecule has 0 unspecified atom stereocenters. The fourth-order valence-corrected chi connectivity index (χ4v) is 4.62. The van der Waals surface area contributed by atoms with E-state index in [1.54, 1.807) is 12.1 Å². The molecule has 11 heteroatoms. The van der Waals surface area contributed by atoms with Crippen LogP contribution >= 0.6 is 11.6 Å². The number of aromatic nitrogens is 1. The third kappa shape index (κ3) is 4.65. The minimum Gasteiger partial charge on any atom is -0.491 e. The molecule has 0 bridgehead atoms. The Bertz CT molecular complexity index is 1040. The number of aliphatic hydroxyl groups excluding tert-OH is 2. The van der Waals surface area contributed by atoms with E-state index in [-0.39, 0.29) is 18.3 Å². The summed E-state index contributed by atoms with van der Waals surface area (Å²) in [6.45, 7) is 0.958. The monoisotopic (exact) mass is 485 g/mol. The van der Waals surface area contributed by atoms with Gasteiger partial charge in [-0.25, -0.2) is 0 Å². The largest absolute Gasteiger partial charge is 0.491 e. The van der Waals surface area contributed by atoms with E-state index in [1.165, 1.54) is 0 Å². The lowest BCUT2D eigenvalue weighted by molar-refractivity contribution is -0.140. The normalized spacial score (nSPS) is 18.8. The van der Waals surface area contributed by atoms with Crippen LogP contribution < -0.4 is 10.1 Å². The number of benzene rings is 1. The van der Waals surface area contributed by atoms with Crippen LogP contribution in [0.1, 0.15) is 35.8 Å². The fourth-order valence-electron chi connectivity index (χ4n) is 4.45. The van der Waals surface area contributed by atoms with Crippen molar-refractivity contribution in [3.63, 3.8) is 0 Å². The van der Waals surface area contributed by atoms with Crippen LogP contribution in [0.3, 0.4) is 0 Å². The molecule has 0 saturated carbocycles. The number of ether oxygens (including phenoxy) is 1. The number of anilines is 1. The summed E-state index contributed by atoms with van der Waals surface area (Å²) in [6.07, 6.45) is -4.19. The number of nitrogens with zero attached hydrogens (tertiary/aromatic N) is 2. The summed E-state index contributed by atoms with van der Waals surface area (Å²) in [6, 6.07) is 6.15. The summed E-state index contributed by atoms with van der Waals surface area (Å²) in [5.41, 5.74) is -0.720. The van der Waals surface area contributed by atoms with Crippen LogP contribution in [0, 0.1) is 0 Å². The van der Waals surface area contributed by atoms with Gasteiger partial charge in [0.25, 0.3) is 0 Å². The first-order valence-electron chi connectivity index (χ1n) is 10.5. The lowest BCUT2D eigenvalue weighted by Gasteiger charge is -2.38. The lowest BCUT2D eigenvalue weighted by atomic mass is 9.73. The first-order valence-corrected chi connectivity index (χ1v) is 10.8. The topological polar surface area (TPSA) is 94.9 Å². The number of hydrogen-bond acceptors (Lipinski definition) is 6. The summed E-state index contributed by atoms with van der Waals surface area (Å²) in [5.74, 6) is -0.116. The third-order valence-corrected chi connectivity index (χ3v) is 6.49. The van der Waals surface area contributed by atoms with Crippen molar-refractivity contribution in [1.82, 2.24) is 9.88 Å². The first-order chi connectivity index (χ1) is 15.6. The van der Waals surface area contributed by atoms with Gasteiger partial charge in [0.1, 0.15) is 18.5 Å². The van der Waals surface area contributed by atoms with Crippen molar-refractivity contribution in [3.8, 4) is 5.75 Å². The molecule has 3 N–H and O–H groups in total. The Hall–Kier alpha value is -2.40. The second-order valence-corrected chi connectivity index (χ2v) is 8.65. The van der Waals surface area contributed by atoms with Crippen LogP contribution in [0.25, 0.3) is 0 Å². The van der Waals surface area contributed by atoms with Crippen LogP contribution in [0.15, 0.2) is 30.5 Å². The second kappa shape index (κ2) is 9.09. The molecule has 33 heavy (non-hydrogen) atoms. The van der Waals surface area contributed by atoms with Gasteiger partial charge in [0.2, 0.25) is 5.91 Å². The van der Waals surface area contributed by atoms with Crippen molar-refractivity contribution < 1.29 is 32.9 Å². The van der Waals surface area contributed by atoms with Crippen molar-refractivity contribution in [2.45, 2.75) is 30.5 Å². The summed E-state index contributed by atoms with van der Waals surface area (Å²) in [4.78, 5) is 18.4. The first kappa shape index (κ1) is 23.7. The molecule has 1 amide bonds. The molecule has 2 aliphatic heterocycles. The zero-order valence-corrected chi connectivity index (χ0v) is 18.3. The molecule has 2 aromatic rings. The molecule has 0 radical (unpaired) electrons. The molecule has 1 saturated heterocycles. The fraction of sp³-hybridized carbons (Fsp3) is 0.455. The number of carbonyl (C=O) groups is 1. The SMILES string of the molecule is O=C1Nc2ccc(Cl)cc2C12CCN(CCOc1cnc([C@H](O)CO)c(C(F)(F)F)c1)CC2. The van der Waals surface area contributed by atoms with Crippen LogP contribution in [0.4, 0.5) is 18.9 Å². The Labute approximate surface area is 193 Å². The predicted molar refractivity (Wildman–Crippen MR) is 114 cm³/mol. The maximum Gasteiger partial charge on any atom is 0.418 e. The van der Waals surface area contributed by atoms with E-state index >= 15 is 0 Å². The average Bonchev–Trinajstić information content (AvgIpc) is 3.04. The van der Waals surface area contributed by atoms with E-state index in [1.807, 2.05) is 6.07 Å². The Morgan fingerprint density at radius 1 is 1.27 bits per heavy atom.